The van der Waals surface area contributed by atoms with Crippen LogP contribution >= 0.6 is 11.6 Å². The van der Waals surface area contributed by atoms with Crippen molar-refractivity contribution in [1.29, 1.82) is 0 Å². The number of ether oxygens (including phenoxy) is 1. The standard InChI is InChI=1S/C16H10ClF3N2O/c1-23-15-12(17)7-9-4-5-10(8-13(9)22-15)14-11(16(18,19)20)3-2-6-21-14/h2-8H,1H3. The van der Waals surface area contributed by atoms with Crippen LogP contribution in [0.4, 0.5) is 13.2 Å². The Labute approximate surface area is 134 Å². The third-order valence-electron chi connectivity index (χ3n) is 3.32. The van der Waals surface area contributed by atoms with Crippen molar-refractivity contribution in [2.75, 3.05) is 7.11 Å². The quantitative estimate of drug-likeness (QED) is 0.661. The van der Waals surface area contributed by atoms with Crippen molar-refractivity contribution in [3.8, 4) is 17.1 Å². The topological polar surface area (TPSA) is 35.0 Å². The van der Waals surface area contributed by atoms with E-state index >= 15 is 0 Å². The Balaban J connectivity index is 2.20. The number of methoxy groups -OCH3 is 1. The Kier molecular flexibility index (Phi) is 3.85. The number of benzene rings is 1. The van der Waals surface area contributed by atoms with E-state index in [0.29, 0.717) is 21.5 Å². The van der Waals surface area contributed by atoms with Crippen LogP contribution in [0.1, 0.15) is 5.56 Å². The number of nitrogens with zero attached hydrogens (tertiary/aromatic N) is 2. The number of hydrogen-bond acceptors (Lipinski definition) is 3. The fraction of sp³-hybridized carbons (Fsp3) is 0.125. The molecular weight excluding hydrogens is 329 g/mol. The van der Waals surface area contributed by atoms with E-state index in [-0.39, 0.29) is 11.6 Å². The van der Waals surface area contributed by atoms with Gasteiger partial charge in [-0.15, -0.1) is 0 Å². The molecular formula is C16H10ClF3N2O. The van der Waals surface area contributed by atoms with Gasteiger partial charge in [0.2, 0.25) is 5.88 Å². The zero-order valence-electron chi connectivity index (χ0n) is 11.9. The lowest BCUT2D eigenvalue weighted by molar-refractivity contribution is -0.137. The van der Waals surface area contributed by atoms with Gasteiger partial charge in [0.25, 0.3) is 0 Å². The minimum Gasteiger partial charge on any atom is -0.480 e. The summed E-state index contributed by atoms with van der Waals surface area (Å²) in [6.07, 6.45) is -3.16. The highest BCUT2D eigenvalue weighted by Gasteiger charge is 2.34. The smallest absolute Gasteiger partial charge is 0.418 e. The Morgan fingerprint density at radius 1 is 1.13 bits per heavy atom. The van der Waals surface area contributed by atoms with Crippen LogP contribution in [0.2, 0.25) is 5.02 Å². The molecule has 0 N–H and O–H groups in total. The predicted molar refractivity (Wildman–Crippen MR) is 81.5 cm³/mol. The van der Waals surface area contributed by atoms with E-state index in [1.54, 1.807) is 18.2 Å². The van der Waals surface area contributed by atoms with Crippen molar-refractivity contribution in [2.45, 2.75) is 6.18 Å². The highest BCUT2D eigenvalue weighted by Crippen LogP contribution is 2.37. The molecule has 1 aromatic carbocycles. The summed E-state index contributed by atoms with van der Waals surface area (Å²) in [5.41, 5.74) is -0.136. The molecule has 3 rings (SSSR count). The third kappa shape index (κ3) is 2.94. The first kappa shape index (κ1) is 15.6. The molecule has 0 fully saturated rings. The van der Waals surface area contributed by atoms with Gasteiger partial charge in [-0.05, 0) is 24.3 Å². The first-order valence-electron chi connectivity index (χ1n) is 6.57. The number of rotatable bonds is 2. The van der Waals surface area contributed by atoms with E-state index in [2.05, 4.69) is 9.97 Å². The van der Waals surface area contributed by atoms with Gasteiger partial charge in [0, 0.05) is 17.1 Å². The van der Waals surface area contributed by atoms with Gasteiger partial charge in [0.05, 0.1) is 23.9 Å². The van der Waals surface area contributed by atoms with Crippen molar-refractivity contribution >= 4 is 22.5 Å². The number of hydrogen-bond donors (Lipinski definition) is 0. The molecule has 3 nitrogen and oxygen atoms in total. The Hall–Kier alpha value is -2.34. The summed E-state index contributed by atoms with van der Waals surface area (Å²) in [4.78, 5) is 8.09. The molecule has 0 radical (unpaired) electrons. The van der Waals surface area contributed by atoms with Crippen LogP contribution in [0.5, 0.6) is 5.88 Å². The van der Waals surface area contributed by atoms with Gasteiger partial charge in [0.15, 0.2) is 0 Å². The highest BCUT2D eigenvalue weighted by atomic mass is 35.5. The summed E-state index contributed by atoms with van der Waals surface area (Å²) in [6.45, 7) is 0. The van der Waals surface area contributed by atoms with Crippen molar-refractivity contribution in [3.05, 3.63) is 53.2 Å². The molecule has 3 aromatic rings. The number of halogens is 4. The van der Waals surface area contributed by atoms with Gasteiger partial charge in [-0.25, -0.2) is 4.98 Å². The zero-order valence-corrected chi connectivity index (χ0v) is 12.6. The van der Waals surface area contributed by atoms with E-state index in [4.69, 9.17) is 16.3 Å². The van der Waals surface area contributed by atoms with E-state index in [1.165, 1.54) is 25.4 Å². The van der Waals surface area contributed by atoms with Crippen molar-refractivity contribution in [2.24, 2.45) is 0 Å². The van der Waals surface area contributed by atoms with Gasteiger partial charge in [-0.3, -0.25) is 4.98 Å². The van der Waals surface area contributed by atoms with Crippen LogP contribution in [0.15, 0.2) is 42.6 Å². The normalized spacial score (nSPS) is 11.7. The molecule has 2 heterocycles. The molecule has 0 atom stereocenters. The molecule has 7 heteroatoms. The Morgan fingerprint density at radius 2 is 1.91 bits per heavy atom. The molecule has 0 spiro atoms. The van der Waals surface area contributed by atoms with Gasteiger partial charge in [-0.1, -0.05) is 23.7 Å². The number of aromatic nitrogens is 2. The summed E-state index contributed by atoms with van der Waals surface area (Å²) < 4.78 is 44.4. The maximum atomic E-state index is 13.1. The molecule has 2 aromatic heterocycles. The lowest BCUT2D eigenvalue weighted by Crippen LogP contribution is -2.08. The van der Waals surface area contributed by atoms with E-state index in [0.717, 1.165) is 6.07 Å². The average Bonchev–Trinajstić information content (AvgIpc) is 2.53. The maximum absolute atomic E-state index is 13.1. The highest BCUT2D eigenvalue weighted by molar-refractivity contribution is 6.32. The molecule has 0 aliphatic carbocycles. The minimum atomic E-state index is -4.48. The molecule has 23 heavy (non-hydrogen) atoms. The first-order valence-corrected chi connectivity index (χ1v) is 6.95. The Bertz CT molecular complexity index is 881. The van der Waals surface area contributed by atoms with Crippen LogP contribution in [-0.4, -0.2) is 17.1 Å². The van der Waals surface area contributed by atoms with Gasteiger partial charge >= 0.3 is 6.18 Å². The number of fused-ring (bicyclic) bond motifs is 1. The summed E-state index contributed by atoms with van der Waals surface area (Å²) in [5, 5.41) is 1.03. The number of alkyl halides is 3. The molecule has 0 saturated carbocycles. The van der Waals surface area contributed by atoms with Crippen LogP contribution < -0.4 is 4.74 Å². The molecule has 0 amide bonds. The lowest BCUT2D eigenvalue weighted by atomic mass is 10.0. The summed E-state index contributed by atoms with van der Waals surface area (Å²) >= 11 is 6.00. The SMILES string of the molecule is COc1nc2cc(-c3ncccc3C(F)(F)F)ccc2cc1Cl. The predicted octanol–water partition coefficient (Wildman–Crippen LogP) is 4.98. The second kappa shape index (κ2) is 5.70. The van der Waals surface area contributed by atoms with Crippen molar-refractivity contribution in [1.82, 2.24) is 9.97 Å². The summed E-state index contributed by atoms with van der Waals surface area (Å²) in [6, 6.07) is 8.65. The largest absolute Gasteiger partial charge is 0.480 e. The van der Waals surface area contributed by atoms with Crippen LogP contribution in [0.3, 0.4) is 0 Å². The van der Waals surface area contributed by atoms with E-state index in [9.17, 15) is 13.2 Å². The fourth-order valence-corrected chi connectivity index (χ4v) is 2.52. The summed E-state index contributed by atoms with van der Waals surface area (Å²) in [5.74, 6) is 0.216. The molecule has 0 unspecified atom stereocenters. The van der Waals surface area contributed by atoms with Gasteiger partial charge < -0.3 is 4.74 Å². The van der Waals surface area contributed by atoms with E-state index in [1.807, 2.05) is 0 Å². The zero-order chi connectivity index (χ0) is 16.6. The average molecular weight is 339 g/mol. The molecule has 118 valence electrons. The number of pyridine rings is 2. The fourth-order valence-electron chi connectivity index (χ4n) is 2.28. The van der Waals surface area contributed by atoms with Crippen LogP contribution in [-0.2, 0) is 6.18 Å². The van der Waals surface area contributed by atoms with Crippen molar-refractivity contribution in [3.63, 3.8) is 0 Å². The van der Waals surface area contributed by atoms with Crippen LogP contribution in [0.25, 0.3) is 22.2 Å². The lowest BCUT2D eigenvalue weighted by Gasteiger charge is -2.12. The van der Waals surface area contributed by atoms with Crippen LogP contribution in [0, 0.1) is 0 Å². The first-order chi connectivity index (χ1) is 10.9. The van der Waals surface area contributed by atoms with E-state index < -0.39 is 11.7 Å². The minimum absolute atomic E-state index is 0.141. The van der Waals surface area contributed by atoms with Crippen molar-refractivity contribution < 1.29 is 17.9 Å². The molecule has 0 aliphatic heterocycles. The monoisotopic (exact) mass is 338 g/mol. The Morgan fingerprint density at radius 3 is 2.61 bits per heavy atom. The maximum Gasteiger partial charge on any atom is 0.418 e. The van der Waals surface area contributed by atoms with Gasteiger partial charge in [-0.2, -0.15) is 13.2 Å². The molecule has 0 aliphatic rings. The second-order valence-electron chi connectivity index (χ2n) is 4.78. The summed E-state index contributed by atoms with van der Waals surface area (Å²) in [7, 11) is 1.42. The molecule has 0 bridgehead atoms. The second-order valence-corrected chi connectivity index (χ2v) is 5.19. The third-order valence-corrected chi connectivity index (χ3v) is 3.59. The van der Waals surface area contributed by atoms with Gasteiger partial charge in [0.1, 0.15) is 5.02 Å². The molecule has 0 saturated heterocycles.